The summed E-state index contributed by atoms with van der Waals surface area (Å²) in [5, 5.41) is 2.40. The van der Waals surface area contributed by atoms with Gasteiger partial charge in [0, 0.05) is 38.6 Å². The Morgan fingerprint density at radius 2 is 0.898 bits per heavy atom. The van der Waals surface area contributed by atoms with Gasteiger partial charge in [-0.05, 0) is 132 Å². The van der Waals surface area contributed by atoms with Crippen LogP contribution in [0.3, 0.4) is 0 Å². The van der Waals surface area contributed by atoms with Crippen LogP contribution in [0.5, 0.6) is 0 Å². The van der Waals surface area contributed by atoms with E-state index in [0.717, 1.165) is 51.6 Å². The predicted molar refractivity (Wildman–Crippen MR) is 239 cm³/mol. The highest BCUT2D eigenvalue weighted by Gasteiger charge is 2.61. The van der Waals surface area contributed by atoms with E-state index in [1.807, 2.05) is 36.4 Å². The lowest BCUT2D eigenvalue weighted by molar-refractivity contribution is -0.0399. The quantitative estimate of drug-likeness (QED) is 0.176. The van der Waals surface area contributed by atoms with E-state index in [0.29, 0.717) is 17.5 Å². The molecule has 282 valence electrons. The van der Waals surface area contributed by atoms with Crippen molar-refractivity contribution in [2.24, 2.45) is 23.7 Å². The molecule has 4 fully saturated rings. The van der Waals surface area contributed by atoms with Gasteiger partial charge in [0.2, 0.25) is 0 Å². The van der Waals surface area contributed by atoms with Gasteiger partial charge in [0.25, 0.3) is 0 Å². The van der Waals surface area contributed by atoms with Crippen molar-refractivity contribution in [1.82, 2.24) is 19.5 Å². The molecule has 0 saturated heterocycles. The summed E-state index contributed by atoms with van der Waals surface area (Å²) < 4.78 is 2.41. The Morgan fingerprint density at radius 3 is 1.53 bits per heavy atom. The molecule has 1 spiro atoms. The summed E-state index contributed by atoms with van der Waals surface area (Å²) in [7, 11) is 0. The molecule has 0 atom stereocenters. The maximum atomic E-state index is 5.12. The molecule has 0 N–H and O–H groups in total. The molecule has 14 rings (SSSR count). The largest absolute Gasteiger partial charge is 0.309 e. The Kier molecular flexibility index (Phi) is 7.16. The first-order chi connectivity index (χ1) is 29.2. The van der Waals surface area contributed by atoms with E-state index in [2.05, 4.69) is 138 Å². The Balaban J connectivity index is 1.02. The van der Waals surface area contributed by atoms with Crippen molar-refractivity contribution < 1.29 is 0 Å². The summed E-state index contributed by atoms with van der Waals surface area (Å²) >= 11 is 0. The molecule has 5 aliphatic rings. The fourth-order valence-corrected chi connectivity index (χ4v) is 12.6. The van der Waals surface area contributed by atoms with Crippen LogP contribution in [0.25, 0.3) is 83.9 Å². The highest BCUT2D eigenvalue weighted by molar-refractivity contribution is 6.12. The molecule has 7 aromatic carbocycles. The number of nitrogens with zero attached hydrogens (tertiary/aromatic N) is 4. The van der Waals surface area contributed by atoms with Gasteiger partial charge in [-0.1, -0.05) is 127 Å². The van der Waals surface area contributed by atoms with Crippen molar-refractivity contribution in [3.8, 4) is 62.1 Å². The molecule has 4 saturated carbocycles. The van der Waals surface area contributed by atoms with E-state index in [-0.39, 0.29) is 5.41 Å². The fourth-order valence-electron chi connectivity index (χ4n) is 12.6. The third-order valence-corrected chi connectivity index (χ3v) is 14.6. The smallest absolute Gasteiger partial charge is 0.164 e. The zero-order valence-corrected chi connectivity index (χ0v) is 32.8. The summed E-state index contributed by atoms with van der Waals surface area (Å²) in [4.78, 5) is 15.2. The molecule has 0 unspecified atom stereocenters. The van der Waals surface area contributed by atoms with Crippen LogP contribution in [0.4, 0.5) is 0 Å². The first-order valence-corrected chi connectivity index (χ1v) is 21.5. The van der Waals surface area contributed by atoms with Gasteiger partial charge in [-0.25, -0.2) is 15.0 Å². The average Bonchev–Trinajstić information content (AvgIpc) is 3.79. The highest BCUT2D eigenvalue weighted by Crippen LogP contribution is 2.70. The molecule has 0 radical (unpaired) electrons. The minimum atomic E-state index is 0.138. The predicted octanol–water partition coefficient (Wildman–Crippen LogP) is 13.4. The number of benzene rings is 7. The topological polar surface area (TPSA) is 43.6 Å². The van der Waals surface area contributed by atoms with E-state index >= 15 is 0 Å². The van der Waals surface area contributed by atoms with Crippen LogP contribution in [0.2, 0.25) is 0 Å². The first kappa shape index (κ1) is 33.3. The Bertz CT molecular complexity index is 3020. The monoisotopic (exact) mass is 758 g/mol. The third-order valence-electron chi connectivity index (χ3n) is 14.6. The zero-order chi connectivity index (χ0) is 38.7. The summed E-state index contributed by atoms with van der Waals surface area (Å²) in [6, 6.07) is 61.8. The maximum Gasteiger partial charge on any atom is 0.164 e. The van der Waals surface area contributed by atoms with Gasteiger partial charge in [0.1, 0.15) is 0 Å². The first-order valence-electron chi connectivity index (χ1n) is 21.5. The summed E-state index contributed by atoms with van der Waals surface area (Å²) in [6.45, 7) is 0. The number of aromatic nitrogens is 4. The standard InChI is InChI=1S/C55H42N4/c1-4-13-36(14-5-1)52-56-53(37-15-6-2-7-16-37)58-54(57-52)39-24-26-50-46(33-39)45-32-38(23-25-49(45)59(50)42-17-8-3-9-18-42)43-20-12-22-48-51(43)44-19-10-11-21-47(44)55(48)40-28-34-27-35(30-40)31-41(55)29-34/h1-26,32-35,40-41H,27-31H2. The highest BCUT2D eigenvalue weighted by atomic mass is 15.0. The van der Waals surface area contributed by atoms with Crippen molar-refractivity contribution >= 4 is 21.8 Å². The van der Waals surface area contributed by atoms with E-state index in [1.165, 1.54) is 70.6 Å². The molecular formula is C55H42N4. The van der Waals surface area contributed by atoms with Crippen molar-refractivity contribution in [3.63, 3.8) is 0 Å². The van der Waals surface area contributed by atoms with E-state index in [4.69, 9.17) is 15.0 Å². The van der Waals surface area contributed by atoms with Gasteiger partial charge in [-0.15, -0.1) is 0 Å². The second kappa shape index (κ2) is 12.7. The molecule has 9 aromatic rings. The van der Waals surface area contributed by atoms with Gasteiger partial charge in [-0.2, -0.15) is 0 Å². The number of hydrogen-bond donors (Lipinski definition) is 0. The Labute approximate surface area is 344 Å². The third kappa shape index (κ3) is 4.86. The van der Waals surface area contributed by atoms with E-state index in [1.54, 1.807) is 11.1 Å². The molecule has 0 aliphatic heterocycles. The number of para-hydroxylation sites is 1. The molecule has 2 heterocycles. The molecular weight excluding hydrogens is 717 g/mol. The van der Waals surface area contributed by atoms with E-state index < -0.39 is 0 Å². The maximum absolute atomic E-state index is 5.12. The van der Waals surface area contributed by atoms with Crippen LogP contribution in [0, 0.1) is 23.7 Å². The Morgan fingerprint density at radius 1 is 0.407 bits per heavy atom. The van der Waals surface area contributed by atoms with Crippen LogP contribution in [-0.4, -0.2) is 19.5 Å². The van der Waals surface area contributed by atoms with Crippen molar-refractivity contribution in [2.45, 2.75) is 37.5 Å². The molecule has 2 aromatic heterocycles. The summed E-state index contributed by atoms with van der Waals surface area (Å²) in [5.74, 6) is 5.31. The molecule has 4 heteroatoms. The SMILES string of the molecule is c1ccc(-c2nc(-c3ccccc3)nc(-c3ccc4c(c3)c3cc(-c5cccc6c5-c5ccccc5C65C6CC7CC(C6)CC5C7)ccc3n4-c3ccccc3)n2)cc1. The molecule has 0 amide bonds. The van der Waals surface area contributed by atoms with E-state index in [9.17, 15) is 0 Å². The van der Waals surface area contributed by atoms with Gasteiger partial charge in [0.15, 0.2) is 17.5 Å². The fraction of sp³-hybridized carbons (Fsp3) is 0.182. The lowest BCUT2D eigenvalue weighted by atomic mass is 9.43. The Hall–Kier alpha value is -6.65. The minimum Gasteiger partial charge on any atom is -0.309 e. The van der Waals surface area contributed by atoms with Crippen LogP contribution in [0.1, 0.15) is 43.2 Å². The van der Waals surface area contributed by atoms with Crippen LogP contribution in [0.15, 0.2) is 170 Å². The van der Waals surface area contributed by atoms with Gasteiger partial charge < -0.3 is 4.57 Å². The molecule has 4 bridgehead atoms. The second-order valence-corrected chi connectivity index (χ2v) is 17.6. The average molecular weight is 759 g/mol. The van der Waals surface area contributed by atoms with Gasteiger partial charge in [-0.3, -0.25) is 0 Å². The number of rotatable bonds is 5. The lowest BCUT2D eigenvalue weighted by Crippen LogP contribution is -2.55. The molecule has 4 nitrogen and oxygen atoms in total. The second-order valence-electron chi connectivity index (χ2n) is 17.6. The number of hydrogen-bond acceptors (Lipinski definition) is 3. The zero-order valence-electron chi connectivity index (χ0n) is 32.8. The normalized spacial score (nSPS) is 22.3. The van der Waals surface area contributed by atoms with Gasteiger partial charge in [0.05, 0.1) is 11.0 Å². The molecule has 59 heavy (non-hydrogen) atoms. The van der Waals surface area contributed by atoms with Crippen molar-refractivity contribution in [3.05, 3.63) is 181 Å². The summed E-state index contributed by atoms with van der Waals surface area (Å²) in [6.07, 6.45) is 7.02. The lowest BCUT2D eigenvalue weighted by Gasteiger charge is -2.61. The van der Waals surface area contributed by atoms with Crippen molar-refractivity contribution in [1.29, 1.82) is 0 Å². The minimum absolute atomic E-state index is 0.138. The van der Waals surface area contributed by atoms with Crippen LogP contribution in [-0.2, 0) is 5.41 Å². The van der Waals surface area contributed by atoms with Crippen LogP contribution < -0.4 is 0 Å². The van der Waals surface area contributed by atoms with Crippen molar-refractivity contribution in [2.75, 3.05) is 0 Å². The van der Waals surface area contributed by atoms with Gasteiger partial charge >= 0.3 is 0 Å². The number of fused-ring (bicyclic) bond motifs is 6. The molecule has 5 aliphatic carbocycles. The summed E-state index contributed by atoms with van der Waals surface area (Å²) in [5.41, 5.74) is 15.2. The van der Waals surface area contributed by atoms with Crippen LogP contribution >= 0.6 is 0 Å².